The maximum Gasteiger partial charge on any atom is 0.322 e. The van der Waals surface area contributed by atoms with Crippen molar-refractivity contribution in [3.8, 4) is 0 Å². The van der Waals surface area contributed by atoms with Crippen LogP contribution in [0, 0.1) is 23.2 Å². The van der Waals surface area contributed by atoms with Crippen LogP contribution >= 0.6 is 11.6 Å². The molecule has 2 amide bonds. The molecular weight excluding hydrogens is 344 g/mol. The van der Waals surface area contributed by atoms with Crippen molar-refractivity contribution in [2.24, 2.45) is 23.2 Å². The van der Waals surface area contributed by atoms with Crippen LogP contribution in [-0.4, -0.2) is 23.5 Å². The van der Waals surface area contributed by atoms with Crippen molar-refractivity contribution < 1.29 is 4.79 Å². The summed E-state index contributed by atoms with van der Waals surface area (Å²) in [6, 6.07) is 7.99. The van der Waals surface area contributed by atoms with Crippen molar-refractivity contribution in [3.63, 3.8) is 0 Å². The minimum absolute atomic E-state index is 0.0905. The molecule has 0 radical (unpaired) electrons. The lowest BCUT2D eigenvalue weighted by Gasteiger charge is -2.61. The second kappa shape index (κ2) is 6.44. The summed E-state index contributed by atoms with van der Waals surface area (Å²) in [6.45, 7) is 0.909. The van der Waals surface area contributed by atoms with Gasteiger partial charge in [-0.15, -0.1) is 0 Å². The fourth-order valence-corrected chi connectivity index (χ4v) is 7.25. The number of rotatable bonds is 2. The average molecular weight is 373 g/mol. The Kier molecular flexibility index (Phi) is 4.19. The van der Waals surface area contributed by atoms with Gasteiger partial charge in [-0.25, -0.2) is 4.79 Å². The van der Waals surface area contributed by atoms with Crippen LogP contribution in [0.5, 0.6) is 0 Å². The smallest absolute Gasteiger partial charge is 0.321 e. The number of carbonyl (C=O) groups excluding carboxylic acids is 1. The summed E-state index contributed by atoms with van der Waals surface area (Å²) in [7, 11) is 0. The Bertz CT molecular complexity index is 651. The highest BCUT2D eigenvalue weighted by atomic mass is 35.5. The third kappa shape index (κ3) is 2.93. The number of urea groups is 1. The van der Waals surface area contributed by atoms with Gasteiger partial charge in [0.15, 0.2) is 0 Å². The van der Waals surface area contributed by atoms with Crippen LogP contribution in [0.15, 0.2) is 24.3 Å². The SMILES string of the molecule is O=C(Nc1ccc(Cl)cc1)N1CCCCC1C12CC3CC(CC(C3)C1)C2. The third-order valence-electron chi connectivity index (χ3n) is 7.65. The third-order valence-corrected chi connectivity index (χ3v) is 7.90. The van der Waals surface area contributed by atoms with Crippen molar-refractivity contribution in [3.05, 3.63) is 29.3 Å². The van der Waals surface area contributed by atoms with E-state index in [2.05, 4.69) is 10.2 Å². The van der Waals surface area contributed by atoms with Crippen molar-refractivity contribution in [2.45, 2.75) is 63.8 Å². The van der Waals surface area contributed by atoms with E-state index in [-0.39, 0.29) is 6.03 Å². The van der Waals surface area contributed by atoms with Gasteiger partial charge in [0, 0.05) is 23.3 Å². The van der Waals surface area contributed by atoms with Gasteiger partial charge < -0.3 is 10.2 Å². The molecule has 1 aliphatic heterocycles. The average Bonchev–Trinajstić information content (AvgIpc) is 2.62. The van der Waals surface area contributed by atoms with Gasteiger partial charge in [0.25, 0.3) is 0 Å². The lowest BCUT2D eigenvalue weighted by Crippen LogP contribution is -2.60. The van der Waals surface area contributed by atoms with Gasteiger partial charge in [0.2, 0.25) is 0 Å². The van der Waals surface area contributed by atoms with Gasteiger partial charge in [-0.1, -0.05) is 11.6 Å². The fourth-order valence-electron chi connectivity index (χ4n) is 7.13. The topological polar surface area (TPSA) is 32.3 Å². The molecule has 26 heavy (non-hydrogen) atoms. The highest BCUT2D eigenvalue weighted by Crippen LogP contribution is 2.62. The zero-order chi connectivity index (χ0) is 17.7. The zero-order valence-corrected chi connectivity index (χ0v) is 16.2. The number of carbonyl (C=O) groups is 1. The summed E-state index contributed by atoms with van der Waals surface area (Å²) < 4.78 is 0. The van der Waals surface area contributed by atoms with Crippen LogP contribution < -0.4 is 5.32 Å². The second-order valence-electron chi connectivity index (χ2n) is 9.42. The first-order valence-electron chi connectivity index (χ1n) is 10.4. The quantitative estimate of drug-likeness (QED) is 0.684. The van der Waals surface area contributed by atoms with Crippen molar-refractivity contribution in [1.29, 1.82) is 0 Å². The Morgan fingerprint density at radius 3 is 2.23 bits per heavy atom. The molecule has 1 aromatic rings. The second-order valence-corrected chi connectivity index (χ2v) is 9.86. The first kappa shape index (κ1) is 16.9. The van der Waals surface area contributed by atoms with E-state index in [1.807, 2.05) is 24.3 Å². The molecule has 1 aromatic carbocycles. The van der Waals surface area contributed by atoms with Crippen LogP contribution in [0.2, 0.25) is 5.02 Å². The number of halogens is 1. The van der Waals surface area contributed by atoms with E-state index in [0.29, 0.717) is 16.5 Å². The molecule has 1 saturated heterocycles. The lowest BCUT2D eigenvalue weighted by molar-refractivity contribution is -0.0994. The molecule has 1 unspecified atom stereocenters. The molecule has 1 heterocycles. The minimum atomic E-state index is 0.0905. The number of likely N-dealkylation sites (tertiary alicyclic amines) is 1. The number of nitrogens with zero attached hydrogens (tertiary/aromatic N) is 1. The molecule has 6 rings (SSSR count). The minimum Gasteiger partial charge on any atom is -0.321 e. The van der Waals surface area contributed by atoms with E-state index >= 15 is 0 Å². The fraction of sp³-hybridized carbons (Fsp3) is 0.682. The highest BCUT2D eigenvalue weighted by Gasteiger charge is 2.56. The molecule has 4 heteroatoms. The maximum atomic E-state index is 13.1. The molecule has 5 aliphatic rings. The first-order valence-corrected chi connectivity index (χ1v) is 10.8. The molecular formula is C22H29ClN2O. The Labute approximate surface area is 161 Å². The van der Waals surface area contributed by atoms with Crippen LogP contribution in [-0.2, 0) is 0 Å². The lowest BCUT2D eigenvalue weighted by atomic mass is 9.47. The molecule has 4 bridgehead atoms. The van der Waals surface area contributed by atoms with E-state index in [9.17, 15) is 4.79 Å². The van der Waals surface area contributed by atoms with E-state index < -0.39 is 0 Å². The van der Waals surface area contributed by atoms with Crippen LogP contribution in [0.4, 0.5) is 10.5 Å². The molecule has 1 atom stereocenters. The monoisotopic (exact) mass is 372 g/mol. The van der Waals surface area contributed by atoms with Crippen LogP contribution in [0.3, 0.4) is 0 Å². The largest absolute Gasteiger partial charge is 0.322 e. The molecule has 5 fully saturated rings. The normalized spacial score (nSPS) is 38.4. The summed E-state index contributed by atoms with van der Waals surface area (Å²) in [5, 5.41) is 3.83. The van der Waals surface area contributed by atoms with Gasteiger partial charge in [0.1, 0.15) is 0 Å². The zero-order valence-electron chi connectivity index (χ0n) is 15.4. The van der Waals surface area contributed by atoms with Crippen LogP contribution in [0.25, 0.3) is 0 Å². The predicted molar refractivity (Wildman–Crippen MR) is 105 cm³/mol. The van der Waals surface area contributed by atoms with Gasteiger partial charge in [-0.2, -0.15) is 0 Å². The maximum absolute atomic E-state index is 13.1. The molecule has 1 N–H and O–H groups in total. The molecule has 3 nitrogen and oxygen atoms in total. The molecule has 4 aliphatic carbocycles. The number of benzene rings is 1. The summed E-state index contributed by atoms with van der Waals surface area (Å²) in [5.41, 5.74) is 1.25. The summed E-state index contributed by atoms with van der Waals surface area (Å²) >= 11 is 5.97. The standard InChI is InChI=1S/C22H29ClN2O/c23-18-4-6-19(7-5-18)24-21(26)25-8-2-1-3-20(25)22-12-15-9-16(13-22)11-17(10-15)14-22/h4-7,15-17,20H,1-3,8-14H2,(H,24,26). The van der Waals surface area contributed by atoms with Gasteiger partial charge in [0.05, 0.1) is 0 Å². The number of hydrogen-bond acceptors (Lipinski definition) is 1. The predicted octanol–water partition coefficient (Wildman–Crippen LogP) is 5.94. The Balaban J connectivity index is 1.37. The Hall–Kier alpha value is -1.22. The molecule has 4 saturated carbocycles. The number of piperidine rings is 1. The number of anilines is 1. The van der Waals surface area contributed by atoms with Crippen LogP contribution in [0.1, 0.15) is 57.8 Å². The van der Waals surface area contributed by atoms with E-state index in [4.69, 9.17) is 11.6 Å². The Morgan fingerprint density at radius 1 is 1.00 bits per heavy atom. The van der Waals surface area contributed by atoms with E-state index in [1.165, 1.54) is 51.4 Å². The Morgan fingerprint density at radius 2 is 1.62 bits per heavy atom. The highest BCUT2D eigenvalue weighted by molar-refractivity contribution is 6.30. The number of amides is 2. The number of hydrogen-bond donors (Lipinski definition) is 1. The summed E-state index contributed by atoms with van der Waals surface area (Å²) in [6.07, 6.45) is 12.1. The molecule has 0 aromatic heterocycles. The van der Waals surface area contributed by atoms with Gasteiger partial charge in [-0.3, -0.25) is 0 Å². The van der Waals surface area contributed by atoms with Gasteiger partial charge in [-0.05, 0) is 105 Å². The van der Waals surface area contributed by atoms with Crippen molar-refractivity contribution in [2.75, 3.05) is 11.9 Å². The van der Waals surface area contributed by atoms with Crippen molar-refractivity contribution in [1.82, 2.24) is 4.90 Å². The first-order chi connectivity index (χ1) is 12.6. The van der Waals surface area contributed by atoms with E-state index in [1.54, 1.807) is 0 Å². The molecule has 0 spiro atoms. The van der Waals surface area contributed by atoms with Crippen molar-refractivity contribution >= 4 is 23.3 Å². The van der Waals surface area contributed by atoms with E-state index in [0.717, 1.165) is 36.4 Å². The van der Waals surface area contributed by atoms with Gasteiger partial charge >= 0.3 is 6.03 Å². The molecule has 140 valence electrons. The summed E-state index contributed by atoms with van der Waals surface area (Å²) in [4.78, 5) is 15.3. The summed E-state index contributed by atoms with van der Waals surface area (Å²) in [5.74, 6) is 2.80. The number of nitrogens with one attached hydrogen (secondary N) is 1.